The predicted molar refractivity (Wildman–Crippen MR) is 119 cm³/mol. The normalized spacial score (nSPS) is 14.5. The summed E-state index contributed by atoms with van der Waals surface area (Å²) in [4.78, 5) is 31.8. The lowest BCUT2D eigenvalue weighted by atomic mass is 10.0. The summed E-state index contributed by atoms with van der Waals surface area (Å²) in [6.07, 6.45) is 3.41. The number of nitrogens with two attached hydrogens (primary N) is 1. The first-order valence-electron chi connectivity index (χ1n) is 10.0. The van der Waals surface area contributed by atoms with E-state index < -0.39 is 5.91 Å². The summed E-state index contributed by atoms with van der Waals surface area (Å²) in [5.74, 6) is -0.598. The van der Waals surface area contributed by atoms with E-state index in [2.05, 4.69) is 15.0 Å². The third kappa shape index (κ3) is 4.63. The van der Waals surface area contributed by atoms with Gasteiger partial charge >= 0.3 is 0 Å². The van der Waals surface area contributed by atoms with Crippen LogP contribution in [0.1, 0.15) is 51.6 Å². The molecule has 4 rings (SSSR count). The van der Waals surface area contributed by atoms with Gasteiger partial charge in [0.25, 0.3) is 5.91 Å². The maximum Gasteiger partial charge on any atom is 0.288 e. The van der Waals surface area contributed by atoms with Crippen molar-refractivity contribution in [1.29, 1.82) is 0 Å². The Morgan fingerprint density at radius 1 is 1.00 bits per heavy atom. The molecule has 7 nitrogen and oxygen atoms in total. The van der Waals surface area contributed by atoms with Gasteiger partial charge in [-0.1, -0.05) is 41.8 Å². The molecule has 0 unspecified atom stereocenters. The number of hydrogen-bond donors (Lipinski definition) is 1. The molecule has 3 aromatic rings. The number of hydrogen-bond acceptors (Lipinski definition) is 5. The van der Waals surface area contributed by atoms with E-state index in [0.29, 0.717) is 39.2 Å². The molecule has 2 N–H and O–H groups in total. The fourth-order valence-corrected chi connectivity index (χ4v) is 4.12. The summed E-state index contributed by atoms with van der Waals surface area (Å²) in [6, 6.07) is 11.7. The van der Waals surface area contributed by atoms with Gasteiger partial charge in [-0.25, -0.2) is 9.67 Å². The van der Waals surface area contributed by atoms with E-state index in [1.807, 2.05) is 0 Å². The van der Waals surface area contributed by atoms with Crippen molar-refractivity contribution in [2.75, 3.05) is 13.1 Å². The van der Waals surface area contributed by atoms with Crippen LogP contribution in [0.25, 0.3) is 5.69 Å². The summed E-state index contributed by atoms with van der Waals surface area (Å²) < 4.78 is 1.51. The van der Waals surface area contributed by atoms with Crippen molar-refractivity contribution in [3.05, 3.63) is 75.3 Å². The average molecular weight is 458 g/mol. The number of carbonyl (C=O) groups excluding carboxylic acids is 2. The van der Waals surface area contributed by atoms with Gasteiger partial charge in [-0.05, 0) is 56.3 Å². The minimum Gasteiger partial charge on any atom is -0.363 e. The molecular weight excluding hydrogens is 437 g/mol. The van der Waals surface area contributed by atoms with Gasteiger partial charge in [0.05, 0.1) is 17.3 Å². The second kappa shape index (κ2) is 9.18. The van der Waals surface area contributed by atoms with Crippen molar-refractivity contribution in [3.8, 4) is 5.69 Å². The molecule has 160 valence electrons. The Bertz CT molecular complexity index is 1140. The SMILES string of the molecule is NC(=O)c1nc(CN2CCCCC2)n(-c2ccc(Cl)cc2C(=O)c2ccccc2Cl)n1. The molecule has 31 heavy (non-hydrogen) atoms. The van der Waals surface area contributed by atoms with Crippen molar-refractivity contribution in [3.63, 3.8) is 0 Å². The van der Waals surface area contributed by atoms with E-state index in [-0.39, 0.29) is 11.6 Å². The monoisotopic (exact) mass is 457 g/mol. The van der Waals surface area contributed by atoms with Crippen LogP contribution in [0.5, 0.6) is 0 Å². The van der Waals surface area contributed by atoms with Crippen LogP contribution in [0.2, 0.25) is 10.0 Å². The van der Waals surface area contributed by atoms with Crippen LogP contribution in [-0.4, -0.2) is 44.4 Å². The third-order valence-corrected chi connectivity index (χ3v) is 5.82. The summed E-state index contributed by atoms with van der Waals surface area (Å²) in [5, 5.41) is 5.04. The molecule has 0 bridgehead atoms. The zero-order valence-corrected chi connectivity index (χ0v) is 18.2. The van der Waals surface area contributed by atoms with Crippen LogP contribution in [0, 0.1) is 0 Å². The van der Waals surface area contributed by atoms with Crippen LogP contribution in [-0.2, 0) is 6.54 Å². The zero-order chi connectivity index (χ0) is 22.0. The van der Waals surface area contributed by atoms with Gasteiger partial charge in [0.1, 0.15) is 5.82 Å². The minimum atomic E-state index is -0.730. The highest BCUT2D eigenvalue weighted by molar-refractivity contribution is 6.35. The number of piperidine rings is 1. The van der Waals surface area contributed by atoms with E-state index >= 15 is 0 Å². The lowest BCUT2D eigenvalue weighted by Crippen LogP contribution is -2.30. The molecule has 0 atom stereocenters. The maximum atomic E-state index is 13.3. The molecule has 2 aromatic carbocycles. The molecule has 0 radical (unpaired) electrons. The van der Waals surface area contributed by atoms with Crippen molar-refractivity contribution >= 4 is 34.9 Å². The Balaban J connectivity index is 1.81. The van der Waals surface area contributed by atoms with Crippen LogP contribution < -0.4 is 5.73 Å². The quantitative estimate of drug-likeness (QED) is 0.566. The number of likely N-dealkylation sites (tertiary alicyclic amines) is 1. The highest BCUT2D eigenvalue weighted by Gasteiger charge is 2.24. The maximum absolute atomic E-state index is 13.3. The van der Waals surface area contributed by atoms with Gasteiger partial charge < -0.3 is 5.73 Å². The predicted octanol–water partition coefficient (Wildman–Crippen LogP) is 3.89. The second-order valence-electron chi connectivity index (χ2n) is 7.43. The lowest BCUT2D eigenvalue weighted by molar-refractivity contribution is 0.0989. The summed E-state index contributed by atoms with van der Waals surface area (Å²) in [5.41, 5.74) is 6.56. The Morgan fingerprint density at radius 2 is 1.74 bits per heavy atom. The highest BCUT2D eigenvalue weighted by Crippen LogP contribution is 2.27. The van der Waals surface area contributed by atoms with Gasteiger partial charge in [-0.2, -0.15) is 0 Å². The van der Waals surface area contributed by atoms with Crippen molar-refractivity contribution in [1.82, 2.24) is 19.7 Å². The molecular formula is C22H21Cl2N5O2. The van der Waals surface area contributed by atoms with Crippen molar-refractivity contribution in [2.45, 2.75) is 25.8 Å². The summed E-state index contributed by atoms with van der Waals surface area (Å²) in [6.45, 7) is 2.36. The van der Waals surface area contributed by atoms with Gasteiger partial charge in [0, 0.05) is 16.1 Å². The number of ketones is 1. The molecule has 1 amide bonds. The second-order valence-corrected chi connectivity index (χ2v) is 8.28. The molecule has 1 aromatic heterocycles. The molecule has 9 heteroatoms. The molecule has 0 spiro atoms. The fourth-order valence-electron chi connectivity index (χ4n) is 3.73. The summed E-state index contributed by atoms with van der Waals surface area (Å²) in [7, 11) is 0. The van der Waals surface area contributed by atoms with Crippen LogP contribution in [0.3, 0.4) is 0 Å². The number of carbonyl (C=O) groups is 2. The molecule has 1 aliphatic rings. The molecule has 0 aliphatic carbocycles. The number of rotatable bonds is 6. The fraction of sp³-hybridized carbons (Fsp3) is 0.273. The molecule has 1 fully saturated rings. The smallest absolute Gasteiger partial charge is 0.288 e. The standard InChI is InChI=1S/C22H21Cl2N5O2/c23-14-8-9-18(16(12-14)20(30)15-6-2-3-7-17(15)24)29-19(26-22(27-29)21(25)31)13-28-10-4-1-5-11-28/h2-3,6-9,12H,1,4-5,10-11,13H2,(H2,25,31). The number of amides is 1. The molecule has 2 heterocycles. The number of benzene rings is 2. The van der Waals surface area contributed by atoms with Gasteiger partial charge in [-0.15, -0.1) is 5.10 Å². The topological polar surface area (TPSA) is 94.1 Å². The largest absolute Gasteiger partial charge is 0.363 e. The highest BCUT2D eigenvalue weighted by atomic mass is 35.5. The lowest BCUT2D eigenvalue weighted by Gasteiger charge is -2.26. The van der Waals surface area contributed by atoms with Crippen molar-refractivity contribution in [2.24, 2.45) is 5.73 Å². The number of aromatic nitrogens is 3. The Labute approximate surface area is 189 Å². The van der Waals surface area contributed by atoms with Crippen LogP contribution in [0.4, 0.5) is 0 Å². The van der Waals surface area contributed by atoms with Gasteiger partial charge in [0.15, 0.2) is 5.78 Å². The first-order chi connectivity index (χ1) is 14.9. The van der Waals surface area contributed by atoms with E-state index in [4.69, 9.17) is 28.9 Å². The average Bonchev–Trinajstić information content (AvgIpc) is 3.18. The van der Waals surface area contributed by atoms with E-state index in [9.17, 15) is 9.59 Å². The van der Waals surface area contributed by atoms with Crippen LogP contribution in [0.15, 0.2) is 42.5 Å². The van der Waals surface area contributed by atoms with E-state index in [1.54, 1.807) is 42.5 Å². The first-order valence-corrected chi connectivity index (χ1v) is 10.8. The number of halogens is 2. The first kappa shape index (κ1) is 21.5. The number of primary amides is 1. The zero-order valence-electron chi connectivity index (χ0n) is 16.7. The Morgan fingerprint density at radius 3 is 2.45 bits per heavy atom. The minimum absolute atomic E-state index is 0.0990. The summed E-state index contributed by atoms with van der Waals surface area (Å²) >= 11 is 12.5. The van der Waals surface area contributed by atoms with E-state index in [1.165, 1.54) is 11.1 Å². The van der Waals surface area contributed by atoms with Gasteiger partial charge in [-0.3, -0.25) is 14.5 Å². The number of nitrogens with zero attached hydrogens (tertiary/aromatic N) is 4. The van der Waals surface area contributed by atoms with Gasteiger partial charge in [0.2, 0.25) is 5.82 Å². The Hall–Kier alpha value is -2.74. The molecule has 0 saturated carbocycles. The van der Waals surface area contributed by atoms with Crippen molar-refractivity contribution < 1.29 is 9.59 Å². The molecule has 1 saturated heterocycles. The van der Waals surface area contributed by atoms with Crippen LogP contribution >= 0.6 is 23.2 Å². The molecule has 1 aliphatic heterocycles. The van der Waals surface area contributed by atoms with E-state index in [0.717, 1.165) is 25.9 Å². The Kier molecular flexibility index (Phi) is 6.36. The third-order valence-electron chi connectivity index (χ3n) is 5.26.